The highest BCUT2D eigenvalue weighted by Crippen LogP contribution is 2.30. The number of pyridine rings is 1. The number of carbonyl (C=O) groups excluding carboxylic acids is 1. The van der Waals surface area contributed by atoms with Crippen LogP contribution < -0.4 is 0 Å². The Morgan fingerprint density at radius 3 is 2.52 bits per heavy atom. The average Bonchev–Trinajstić information content (AvgIpc) is 3.15. The topological polar surface area (TPSA) is 54.3 Å². The summed E-state index contributed by atoms with van der Waals surface area (Å²) < 4.78 is 40.5. The molecule has 162 valence electrons. The standard InChI is InChI=1S/C22H22F3N5O/c1-16-20(14-27-30(16)19-6-2-5-18(12-19)22(23,24)25)21(31)29-10-8-28(9-11-29)15-17-4-3-7-26-13-17/h2-7,12-14H,8-11,15H2,1H3. The first-order valence-corrected chi connectivity index (χ1v) is 9.96. The fourth-order valence-corrected chi connectivity index (χ4v) is 3.72. The number of piperazine rings is 1. The predicted molar refractivity (Wildman–Crippen MR) is 109 cm³/mol. The van der Waals surface area contributed by atoms with E-state index in [1.54, 1.807) is 24.1 Å². The molecule has 0 bridgehead atoms. The largest absolute Gasteiger partial charge is 0.416 e. The Morgan fingerprint density at radius 1 is 1.06 bits per heavy atom. The van der Waals surface area contributed by atoms with Crippen LogP contribution in [0.25, 0.3) is 5.69 Å². The van der Waals surface area contributed by atoms with E-state index < -0.39 is 11.7 Å². The number of hydrogen-bond acceptors (Lipinski definition) is 4. The van der Waals surface area contributed by atoms with E-state index in [1.165, 1.54) is 16.9 Å². The lowest BCUT2D eigenvalue weighted by Gasteiger charge is -2.34. The molecule has 0 spiro atoms. The van der Waals surface area contributed by atoms with E-state index in [0.717, 1.165) is 37.3 Å². The molecule has 2 aromatic heterocycles. The van der Waals surface area contributed by atoms with Gasteiger partial charge in [0, 0.05) is 45.1 Å². The molecule has 1 fully saturated rings. The van der Waals surface area contributed by atoms with Crippen LogP contribution in [0.5, 0.6) is 0 Å². The molecule has 0 aliphatic carbocycles. The van der Waals surface area contributed by atoms with Gasteiger partial charge >= 0.3 is 6.18 Å². The third-order valence-corrected chi connectivity index (χ3v) is 5.45. The molecular weight excluding hydrogens is 407 g/mol. The van der Waals surface area contributed by atoms with E-state index in [4.69, 9.17) is 0 Å². The molecule has 1 saturated heterocycles. The SMILES string of the molecule is Cc1c(C(=O)N2CCN(Cc3cccnc3)CC2)cnn1-c1cccc(C(F)(F)F)c1. The summed E-state index contributed by atoms with van der Waals surface area (Å²) in [5, 5.41) is 4.18. The zero-order valence-corrected chi connectivity index (χ0v) is 17.0. The van der Waals surface area contributed by atoms with Crippen molar-refractivity contribution in [3.8, 4) is 5.69 Å². The van der Waals surface area contributed by atoms with Crippen LogP contribution in [0.3, 0.4) is 0 Å². The monoisotopic (exact) mass is 429 g/mol. The zero-order valence-electron chi connectivity index (χ0n) is 17.0. The molecule has 1 aliphatic rings. The second kappa shape index (κ2) is 8.50. The van der Waals surface area contributed by atoms with Crippen molar-refractivity contribution in [1.82, 2.24) is 24.6 Å². The summed E-state index contributed by atoms with van der Waals surface area (Å²) in [7, 11) is 0. The lowest BCUT2D eigenvalue weighted by atomic mass is 10.1. The van der Waals surface area contributed by atoms with Crippen molar-refractivity contribution in [2.75, 3.05) is 26.2 Å². The molecule has 0 saturated carbocycles. The third-order valence-electron chi connectivity index (χ3n) is 5.45. The molecule has 1 aromatic carbocycles. The molecule has 3 aromatic rings. The minimum atomic E-state index is -4.44. The van der Waals surface area contributed by atoms with Crippen molar-refractivity contribution in [2.24, 2.45) is 0 Å². The van der Waals surface area contributed by atoms with Crippen molar-refractivity contribution in [2.45, 2.75) is 19.6 Å². The van der Waals surface area contributed by atoms with Crippen molar-refractivity contribution >= 4 is 5.91 Å². The number of benzene rings is 1. The van der Waals surface area contributed by atoms with Gasteiger partial charge in [0.05, 0.1) is 28.7 Å². The summed E-state index contributed by atoms with van der Waals surface area (Å²) in [5.41, 5.74) is 1.56. The van der Waals surface area contributed by atoms with Crippen LogP contribution in [-0.4, -0.2) is 56.7 Å². The number of amides is 1. The number of nitrogens with zero attached hydrogens (tertiary/aromatic N) is 5. The second-order valence-electron chi connectivity index (χ2n) is 7.53. The molecule has 1 aliphatic heterocycles. The highest BCUT2D eigenvalue weighted by molar-refractivity contribution is 5.95. The first kappa shape index (κ1) is 21.0. The van der Waals surface area contributed by atoms with Gasteiger partial charge in [-0.15, -0.1) is 0 Å². The second-order valence-corrected chi connectivity index (χ2v) is 7.53. The van der Waals surface area contributed by atoms with Crippen LogP contribution in [0.4, 0.5) is 13.2 Å². The van der Waals surface area contributed by atoms with Crippen molar-refractivity contribution in [3.05, 3.63) is 77.4 Å². The van der Waals surface area contributed by atoms with Gasteiger partial charge in [0.2, 0.25) is 0 Å². The first-order valence-electron chi connectivity index (χ1n) is 9.96. The van der Waals surface area contributed by atoms with E-state index in [-0.39, 0.29) is 11.6 Å². The third kappa shape index (κ3) is 4.61. The quantitative estimate of drug-likeness (QED) is 0.637. The van der Waals surface area contributed by atoms with Crippen LogP contribution in [0.1, 0.15) is 27.2 Å². The summed E-state index contributed by atoms with van der Waals surface area (Å²) in [6.45, 7) is 5.10. The van der Waals surface area contributed by atoms with Crippen LogP contribution >= 0.6 is 0 Å². The minimum absolute atomic E-state index is 0.156. The Balaban J connectivity index is 1.44. The van der Waals surface area contributed by atoms with Gasteiger partial charge in [0.15, 0.2) is 0 Å². The van der Waals surface area contributed by atoms with Crippen LogP contribution in [0, 0.1) is 6.92 Å². The van der Waals surface area contributed by atoms with Crippen molar-refractivity contribution in [1.29, 1.82) is 0 Å². The molecule has 9 heteroatoms. The van der Waals surface area contributed by atoms with Gasteiger partial charge in [-0.1, -0.05) is 12.1 Å². The van der Waals surface area contributed by atoms with E-state index in [1.807, 2.05) is 18.3 Å². The lowest BCUT2D eigenvalue weighted by molar-refractivity contribution is -0.137. The van der Waals surface area contributed by atoms with Gasteiger partial charge < -0.3 is 4.90 Å². The predicted octanol–water partition coefficient (Wildman–Crippen LogP) is 3.55. The van der Waals surface area contributed by atoms with E-state index in [9.17, 15) is 18.0 Å². The molecule has 0 atom stereocenters. The summed E-state index contributed by atoms with van der Waals surface area (Å²) in [5.74, 6) is -0.156. The Kier molecular flexibility index (Phi) is 5.77. The summed E-state index contributed by atoms with van der Waals surface area (Å²) >= 11 is 0. The first-order chi connectivity index (χ1) is 14.8. The molecule has 1 amide bonds. The normalized spacial score (nSPS) is 15.3. The average molecular weight is 429 g/mol. The van der Waals surface area contributed by atoms with Gasteiger partial charge in [0.25, 0.3) is 5.91 Å². The van der Waals surface area contributed by atoms with Gasteiger partial charge in [-0.25, -0.2) is 4.68 Å². The van der Waals surface area contributed by atoms with Crippen LogP contribution in [-0.2, 0) is 12.7 Å². The Labute approximate surface area is 177 Å². The number of carbonyl (C=O) groups is 1. The van der Waals surface area contributed by atoms with E-state index in [0.29, 0.717) is 24.3 Å². The number of rotatable bonds is 4. The number of halogens is 3. The molecule has 0 radical (unpaired) electrons. The maximum atomic E-state index is 13.0. The number of alkyl halides is 3. The molecule has 31 heavy (non-hydrogen) atoms. The highest BCUT2D eigenvalue weighted by atomic mass is 19.4. The fourth-order valence-electron chi connectivity index (χ4n) is 3.72. The Hall–Kier alpha value is -3.20. The summed E-state index contributed by atoms with van der Waals surface area (Å²) in [4.78, 5) is 21.2. The summed E-state index contributed by atoms with van der Waals surface area (Å²) in [6, 6.07) is 8.85. The zero-order chi connectivity index (χ0) is 22.0. The molecule has 6 nitrogen and oxygen atoms in total. The molecule has 0 unspecified atom stereocenters. The Morgan fingerprint density at radius 2 is 1.84 bits per heavy atom. The Bertz CT molecular complexity index is 1060. The maximum Gasteiger partial charge on any atom is 0.416 e. The van der Waals surface area contributed by atoms with Crippen molar-refractivity contribution in [3.63, 3.8) is 0 Å². The van der Waals surface area contributed by atoms with Gasteiger partial charge in [-0.2, -0.15) is 18.3 Å². The summed E-state index contributed by atoms with van der Waals surface area (Å²) in [6.07, 6.45) is 0.566. The van der Waals surface area contributed by atoms with E-state index in [2.05, 4.69) is 15.0 Å². The van der Waals surface area contributed by atoms with Crippen LogP contribution in [0.15, 0.2) is 55.0 Å². The smallest absolute Gasteiger partial charge is 0.336 e. The molecular formula is C22H22F3N5O. The minimum Gasteiger partial charge on any atom is -0.336 e. The lowest BCUT2D eigenvalue weighted by Crippen LogP contribution is -2.48. The van der Waals surface area contributed by atoms with Gasteiger partial charge in [-0.05, 0) is 36.8 Å². The molecule has 4 rings (SSSR count). The maximum absolute atomic E-state index is 13.0. The fraction of sp³-hybridized carbons (Fsp3) is 0.318. The van der Waals surface area contributed by atoms with Crippen molar-refractivity contribution < 1.29 is 18.0 Å². The molecule has 0 N–H and O–H groups in total. The van der Waals surface area contributed by atoms with Gasteiger partial charge in [-0.3, -0.25) is 14.7 Å². The number of aromatic nitrogens is 3. The highest BCUT2D eigenvalue weighted by Gasteiger charge is 2.31. The van der Waals surface area contributed by atoms with Gasteiger partial charge in [0.1, 0.15) is 0 Å². The number of hydrogen-bond donors (Lipinski definition) is 0. The van der Waals surface area contributed by atoms with E-state index >= 15 is 0 Å². The van der Waals surface area contributed by atoms with Crippen LogP contribution in [0.2, 0.25) is 0 Å². The molecule has 3 heterocycles.